The minimum Gasteiger partial charge on any atom is -0.377 e. The van der Waals surface area contributed by atoms with Crippen LogP contribution in [0.4, 0.5) is 0 Å². The zero-order valence-electron chi connectivity index (χ0n) is 8.40. The van der Waals surface area contributed by atoms with Gasteiger partial charge in [-0.15, -0.1) is 11.3 Å². The highest BCUT2D eigenvalue weighted by Gasteiger charge is 2.22. The van der Waals surface area contributed by atoms with E-state index in [2.05, 4.69) is 10.3 Å². The highest BCUT2D eigenvalue weighted by molar-refractivity contribution is 7.09. The summed E-state index contributed by atoms with van der Waals surface area (Å²) >= 11 is 1.41. The van der Waals surface area contributed by atoms with Crippen LogP contribution in [-0.2, 0) is 4.74 Å². The van der Waals surface area contributed by atoms with Crippen molar-refractivity contribution in [2.45, 2.75) is 19.0 Å². The van der Waals surface area contributed by atoms with Gasteiger partial charge in [-0.1, -0.05) is 0 Å². The standard InChI is InChI=1S/C9H13N3O2S/c1-5(10)9-12-7(4-15-9)8(13)11-6-2-14-3-6/h4-6H,2-3,10H2,1H3,(H,11,13). The largest absolute Gasteiger partial charge is 0.377 e. The van der Waals surface area contributed by atoms with Gasteiger partial charge >= 0.3 is 0 Å². The Labute approximate surface area is 91.6 Å². The molecule has 5 nitrogen and oxygen atoms in total. The molecule has 1 aliphatic heterocycles. The number of thiazole rings is 1. The predicted molar refractivity (Wildman–Crippen MR) is 56.8 cm³/mol. The van der Waals surface area contributed by atoms with Gasteiger partial charge in [-0.25, -0.2) is 4.98 Å². The molecule has 6 heteroatoms. The number of amides is 1. The molecule has 0 aromatic carbocycles. The molecule has 0 aliphatic carbocycles. The molecule has 0 saturated carbocycles. The van der Waals surface area contributed by atoms with Crippen LogP contribution in [-0.4, -0.2) is 30.1 Å². The molecule has 2 rings (SSSR count). The van der Waals surface area contributed by atoms with Gasteiger partial charge in [0.15, 0.2) is 0 Å². The Bertz CT molecular complexity index is 360. The summed E-state index contributed by atoms with van der Waals surface area (Å²) in [7, 11) is 0. The molecule has 1 atom stereocenters. The van der Waals surface area contributed by atoms with E-state index >= 15 is 0 Å². The number of hydrogen-bond acceptors (Lipinski definition) is 5. The molecule has 1 aliphatic rings. The van der Waals surface area contributed by atoms with Crippen molar-refractivity contribution in [3.05, 3.63) is 16.1 Å². The Morgan fingerprint density at radius 2 is 2.53 bits per heavy atom. The molecule has 1 unspecified atom stereocenters. The number of aromatic nitrogens is 1. The van der Waals surface area contributed by atoms with Gasteiger partial charge in [-0.3, -0.25) is 4.79 Å². The number of carbonyl (C=O) groups excluding carboxylic acids is 1. The molecule has 3 N–H and O–H groups in total. The Kier molecular flexibility index (Phi) is 2.99. The maximum absolute atomic E-state index is 11.6. The Morgan fingerprint density at radius 1 is 1.80 bits per heavy atom. The van der Waals surface area contributed by atoms with Gasteiger partial charge in [0.05, 0.1) is 25.3 Å². The molecule has 1 amide bonds. The third-order valence-corrected chi connectivity index (χ3v) is 3.16. The summed E-state index contributed by atoms with van der Waals surface area (Å²) < 4.78 is 4.96. The van der Waals surface area contributed by atoms with E-state index in [1.807, 2.05) is 6.92 Å². The van der Waals surface area contributed by atoms with Crippen LogP contribution in [0.25, 0.3) is 0 Å². The first-order chi connectivity index (χ1) is 7.16. The summed E-state index contributed by atoms with van der Waals surface area (Å²) in [4.78, 5) is 15.8. The number of carbonyl (C=O) groups is 1. The lowest BCUT2D eigenvalue weighted by molar-refractivity contribution is -0.00354. The van der Waals surface area contributed by atoms with Gasteiger partial charge in [0.1, 0.15) is 10.7 Å². The number of nitrogens with one attached hydrogen (secondary N) is 1. The summed E-state index contributed by atoms with van der Waals surface area (Å²) in [5, 5.41) is 5.34. The lowest BCUT2D eigenvalue weighted by Crippen LogP contribution is -2.48. The van der Waals surface area contributed by atoms with Gasteiger partial charge in [0.2, 0.25) is 0 Å². The van der Waals surface area contributed by atoms with Crippen molar-refractivity contribution in [2.24, 2.45) is 5.73 Å². The fourth-order valence-corrected chi connectivity index (χ4v) is 1.94. The molecule has 1 fully saturated rings. The van der Waals surface area contributed by atoms with Crippen LogP contribution < -0.4 is 11.1 Å². The van der Waals surface area contributed by atoms with Crippen LogP contribution in [0.3, 0.4) is 0 Å². The second-order valence-electron chi connectivity index (χ2n) is 3.57. The molecule has 0 bridgehead atoms. The zero-order chi connectivity index (χ0) is 10.8. The van der Waals surface area contributed by atoms with E-state index in [1.165, 1.54) is 11.3 Å². The smallest absolute Gasteiger partial charge is 0.271 e. The second-order valence-corrected chi connectivity index (χ2v) is 4.46. The van der Waals surface area contributed by atoms with E-state index in [0.29, 0.717) is 18.9 Å². The van der Waals surface area contributed by atoms with Gasteiger partial charge in [-0.2, -0.15) is 0 Å². The average molecular weight is 227 g/mol. The maximum atomic E-state index is 11.6. The monoisotopic (exact) mass is 227 g/mol. The van der Waals surface area contributed by atoms with Crippen molar-refractivity contribution in [3.8, 4) is 0 Å². The summed E-state index contributed by atoms with van der Waals surface area (Å²) in [6.45, 7) is 3.03. The SMILES string of the molecule is CC(N)c1nc(C(=O)NC2COC2)cs1. The van der Waals surface area contributed by atoms with E-state index in [-0.39, 0.29) is 18.0 Å². The number of ether oxygens (including phenoxy) is 1. The quantitative estimate of drug-likeness (QED) is 0.778. The van der Waals surface area contributed by atoms with E-state index in [4.69, 9.17) is 10.5 Å². The van der Waals surface area contributed by atoms with Gasteiger partial charge in [0, 0.05) is 5.38 Å². The van der Waals surface area contributed by atoms with Crippen LogP contribution >= 0.6 is 11.3 Å². The van der Waals surface area contributed by atoms with Crippen LogP contribution in [0.2, 0.25) is 0 Å². The lowest BCUT2D eigenvalue weighted by atomic mass is 10.2. The van der Waals surface area contributed by atoms with Crippen molar-refractivity contribution < 1.29 is 9.53 Å². The molecule has 1 aromatic heterocycles. The fourth-order valence-electron chi connectivity index (χ4n) is 1.18. The van der Waals surface area contributed by atoms with Gasteiger partial charge in [0.25, 0.3) is 5.91 Å². The van der Waals surface area contributed by atoms with E-state index in [0.717, 1.165) is 5.01 Å². The number of nitrogens with zero attached hydrogens (tertiary/aromatic N) is 1. The van der Waals surface area contributed by atoms with Crippen molar-refractivity contribution in [1.29, 1.82) is 0 Å². The Morgan fingerprint density at radius 3 is 3.00 bits per heavy atom. The minimum atomic E-state index is -0.147. The van der Waals surface area contributed by atoms with Crippen LogP contribution in [0.1, 0.15) is 28.5 Å². The Balaban J connectivity index is 1.98. The van der Waals surface area contributed by atoms with Gasteiger partial charge < -0.3 is 15.8 Å². The molecule has 0 radical (unpaired) electrons. The molecule has 82 valence electrons. The molecular formula is C9H13N3O2S. The molecule has 2 heterocycles. The lowest BCUT2D eigenvalue weighted by Gasteiger charge is -2.26. The van der Waals surface area contributed by atoms with Crippen LogP contribution in [0, 0.1) is 0 Å². The van der Waals surface area contributed by atoms with Crippen molar-refractivity contribution in [2.75, 3.05) is 13.2 Å². The molecule has 1 aromatic rings. The van der Waals surface area contributed by atoms with Crippen molar-refractivity contribution in [1.82, 2.24) is 10.3 Å². The average Bonchev–Trinajstić information content (AvgIpc) is 2.59. The molecule has 1 saturated heterocycles. The summed E-state index contributed by atoms with van der Waals surface area (Å²) in [6, 6.07) is 0.0153. The topological polar surface area (TPSA) is 77.2 Å². The third-order valence-electron chi connectivity index (χ3n) is 2.12. The zero-order valence-corrected chi connectivity index (χ0v) is 9.21. The highest BCUT2D eigenvalue weighted by atomic mass is 32.1. The van der Waals surface area contributed by atoms with Crippen molar-refractivity contribution in [3.63, 3.8) is 0 Å². The number of hydrogen-bond donors (Lipinski definition) is 2. The first kappa shape index (κ1) is 10.5. The number of rotatable bonds is 3. The number of nitrogens with two attached hydrogens (primary N) is 1. The van der Waals surface area contributed by atoms with Gasteiger partial charge in [-0.05, 0) is 6.92 Å². The first-order valence-corrected chi connectivity index (χ1v) is 5.64. The van der Waals surface area contributed by atoms with E-state index in [9.17, 15) is 4.79 Å². The van der Waals surface area contributed by atoms with E-state index in [1.54, 1.807) is 5.38 Å². The Hall–Kier alpha value is -0.980. The van der Waals surface area contributed by atoms with E-state index < -0.39 is 0 Å². The predicted octanol–water partition coefficient (Wildman–Crippen LogP) is 0.291. The minimum absolute atomic E-state index is 0.122. The fraction of sp³-hybridized carbons (Fsp3) is 0.556. The maximum Gasteiger partial charge on any atom is 0.271 e. The second kappa shape index (κ2) is 4.26. The van der Waals surface area contributed by atoms with Crippen molar-refractivity contribution >= 4 is 17.2 Å². The summed E-state index contributed by atoms with van der Waals surface area (Å²) in [6.07, 6.45) is 0. The summed E-state index contributed by atoms with van der Waals surface area (Å²) in [5.74, 6) is -0.147. The molecule has 15 heavy (non-hydrogen) atoms. The summed E-state index contributed by atoms with van der Waals surface area (Å²) in [5.41, 5.74) is 6.11. The normalized spacial score (nSPS) is 18.3. The molecular weight excluding hydrogens is 214 g/mol. The molecule has 0 spiro atoms. The third kappa shape index (κ3) is 2.34. The van der Waals surface area contributed by atoms with Crippen LogP contribution in [0.5, 0.6) is 0 Å². The highest BCUT2D eigenvalue weighted by Crippen LogP contribution is 2.16. The van der Waals surface area contributed by atoms with Crippen LogP contribution in [0.15, 0.2) is 5.38 Å². The first-order valence-electron chi connectivity index (χ1n) is 4.76.